The highest BCUT2D eigenvalue weighted by molar-refractivity contribution is 5.94. The Morgan fingerprint density at radius 3 is 2.29 bits per heavy atom. The van der Waals surface area contributed by atoms with Gasteiger partial charge in [-0.2, -0.15) is 18.2 Å². The maximum atomic E-state index is 13.2. The number of hydrogen-bond donors (Lipinski definition) is 0. The number of fused-ring (bicyclic) bond motifs is 1. The standard InChI is InChI=1S/C26H18F3N3O3/c1-2-34-19-13-11-18(12-14-19)32-15-22(20-5-3-4-6-21(20)25(32)33)24-30-23(31-35-24)16-7-9-17(10-8-16)26(27,28)29/h3-15H,2H2,1H3. The second kappa shape index (κ2) is 8.75. The molecule has 0 bridgehead atoms. The number of ether oxygens (including phenoxy) is 1. The molecule has 0 N–H and O–H groups in total. The van der Waals surface area contributed by atoms with Gasteiger partial charge in [0, 0.05) is 28.2 Å². The summed E-state index contributed by atoms with van der Waals surface area (Å²) in [6.45, 7) is 2.41. The van der Waals surface area contributed by atoms with E-state index in [1.165, 1.54) is 16.7 Å². The molecule has 0 aliphatic carbocycles. The number of aromatic nitrogens is 3. The first-order chi connectivity index (χ1) is 16.8. The second-order valence-corrected chi connectivity index (χ2v) is 7.69. The Kier molecular flexibility index (Phi) is 5.60. The molecular formula is C26H18F3N3O3. The summed E-state index contributed by atoms with van der Waals surface area (Å²) in [7, 11) is 0. The van der Waals surface area contributed by atoms with Gasteiger partial charge in [0.15, 0.2) is 0 Å². The van der Waals surface area contributed by atoms with Crippen LogP contribution in [-0.2, 0) is 6.18 Å². The number of rotatable bonds is 5. The first-order valence-corrected chi connectivity index (χ1v) is 10.7. The molecule has 5 aromatic rings. The van der Waals surface area contributed by atoms with Crippen LogP contribution in [0.25, 0.3) is 39.3 Å². The van der Waals surface area contributed by atoms with E-state index in [1.807, 2.05) is 6.92 Å². The van der Waals surface area contributed by atoms with Gasteiger partial charge < -0.3 is 9.26 Å². The highest BCUT2D eigenvalue weighted by atomic mass is 19.4. The molecule has 0 aliphatic rings. The summed E-state index contributed by atoms with van der Waals surface area (Å²) in [6, 6.07) is 18.6. The van der Waals surface area contributed by atoms with E-state index in [0.29, 0.717) is 39.9 Å². The molecule has 2 heterocycles. The average Bonchev–Trinajstić information content (AvgIpc) is 3.35. The van der Waals surface area contributed by atoms with Crippen LogP contribution in [0.3, 0.4) is 0 Å². The number of halogens is 3. The fourth-order valence-electron chi connectivity index (χ4n) is 3.78. The Bertz CT molecular complexity index is 1550. The zero-order chi connectivity index (χ0) is 24.6. The van der Waals surface area contributed by atoms with E-state index in [1.54, 1.807) is 54.7 Å². The topological polar surface area (TPSA) is 70.2 Å². The van der Waals surface area contributed by atoms with E-state index in [4.69, 9.17) is 9.26 Å². The van der Waals surface area contributed by atoms with E-state index >= 15 is 0 Å². The fourth-order valence-corrected chi connectivity index (χ4v) is 3.78. The highest BCUT2D eigenvalue weighted by Crippen LogP contribution is 2.32. The molecule has 3 aromatic carbocycles. The van der Waals surface area contributed by atoms with Gasteiger partial charge in [-0.1, -0.05) is 35.5 Å². The predicted molar refractivity (Wildman–Crippen MR) is 124 cm³/mol. The highest BCUT2D eigenvalue weighted by Gasteiger charge is 2.30. The van der Waals surface area contributed by atoms with Crippen molar-refractivity contribution in [1.29, 1.82) is 0 Å². The number of benzene rings is 3. The van der Waals surface area contributed by atoms with Crippen LogP contribution < -0.4 is 10.3 Å². The summed E-state index contributed by atoms with van der Waals surface area (Å²) in [5.41, 5.74) is 0.513. The number of hydrogen-bond acceptors (Lipinski definition) is 5. The van der Waals surface area contributed by atoms with Crippen LogP contribution in [0.1, 0.15) is 12.5 Å². The van der Waals surface area contributed by atoms with Gasteiger partial charge in [-0.3, -0.25) is 9.36 Å². The van der Waals surface area contributed by atoms with E-state index in [0.717, 1.165) is 12.1 Å². The molecule has 9 heteroatoms. The van der Waals surface area contributed by atoms with Gasteiger partial charge in [-0.05, 0) is 49.4 Å². The van der Waals surface area contributed by atoms with Gasteiger partial charge in [-0.25, -0.2) is 0 Å². The number of pyridine rings is 1. The van der Waals surface area contributed by atoms with E-state index in [2.05, 4.69) is 10.1 Å². The van der Waals surface area contributed by atoms with Crippen molar-refractivity contribution in [3.63, 3.8) is 0 Å². The molecule has 35 heavy (non-hydrogen) atoms. The molecule has 5 rings (SSSR count). The second-order valence-electron chi connectivity index (χ2n) is 7.69. The Morgan fingerprint density at radius 2 is 1.63 bits per heavy atom. The van der Waals surface area contributed by atoms with Gasteiger partial charge in [0.25, 0.3) is 11.4 Å². The van der Waals surface area contributed by atoms with Gasteiger partial charge in [-0.15, -0.1) is 0 Å². The van der Waals surface area contributed by atoms with Gasteiger partial charge in [0.1, 0.15) is 5.75 Å². The quantitative estimate of drug-likeness (QED) is 0.305. The molecule has 0 aliphatic heterocycles. The lowest BCUT2D eigenvalue weighted by atomic mass is 10.1. The van der Waals surface area contributed by atoms with Crippen LogP contribution in [0, 0.1) is 0 Å². The van der Waals surface area contributed by atoms with Crippen LogP contribution in [0.2, 0.25) is 0 Å². The van der Waals surface area contributed by atoms with Crippen LogP contribution in [0.5, 0.6) is 5.75 Å². The zero-order valence-corrected chi connectivity index (χ0v) is 18.4. The van der Waals surface area contributed by atoms with Crippen molar-refractivity contribution in [3.05, 3.63) is 94.9 Å². The molecule has 6 nitrogen and oxygen atoms in total. The molecule has 0 spiro atoms. The van der Waals surface area contributed by atoms with Crippen molar-refractivity contribution in [2.24, 2.45) is 0 Å². The van der Waals surface area contributed by atoms with Crippen molar-refractivity contribution in [3.8, 4) is 34.3 Å². The maximum Gasteiger partial charge on any atom is 0.416 e. The molecule has 0 radical (unpaired) electrons. The first kappa shape index (κ1) is 22.4. The van der Waals surface area contributed by atoms with E-state index < -0.39 is 11.7 Å². The fraction of sp³-hybridized carbons (Fsp3) is 0.115. The van der Waals surface area contributed by atoms with E-state index in [-0.39, 0.29) is 17.3 Å². The van der Waals surface area contributed by atoms with Gasteiger partial charge in [0.05, 0.1) is 17.7 Å². The van der Waals surface area contributed by atoms with Crippen LogP contribution in [0.15, 0.2) is 88.3 Å². The summed E-state index contributed by atoms with van der Waals surface area (Å²) in [5, 5.41) is 5.01. The van der Waals surface area contributed by atoms with Crippen molar-refractivity contribution in [2.75, 3.05) is 6.61 Å². The molecule has 0 atom stereocenters. The normalized spacial score (nSPS) is 11.7. The van der Waals surface area contributed by atoms with Crippen LogP contribution >= 0.6 is 0 Å². The molecule has 0 fully saturated rings. The SMILES string of the molecule is CCOc1ccc(-n2cc(-c3nc(-c4ccc(C(F)(F)F)cc4)no3)c3ccccc3c2=O)cc1. The summed E-state index contributed by atoms with van der Waals surface area (Å²) in [4.78, 5) is 17.6. The first-order valence-electron chi connectivity index (χ1n) is 10.7. The summed E-state index contributed by atoms with van der Waals surface area (Å²) >= 11 is 0. The van der Waals surface area contributed by atoms with Gasteiger partial charge >= 0.3 is 6.18 Å². The predicted octanol–water partition coefficient (Wildman–Crippen LogP) is 6.13. The molecular weight excluding hydrogens is 459 g/mol. The average molecular weight is 477 g/mol. The molecule has 0 amide bonds. The Labute approximate surface area is 197 Å². The monoisotopic (exact) mass is 477 g/mol. The van der Waals surface area contributed by atoms with E-state index in [9.17, 15) is 18.0 Å². The lowest BCUT2D eigenvalue weighted by molar-refractivity contribution is -0.137. The van der Waals surface area contributed by atoms with Crippen molar-refractivity contribution >= 4 is 10.8 Å². The third-order valence-electron chi connectivity index (χ3n) is 5.48. The smallest absolute Gasteiger partial charge is 0.416 e. The largest absolute Gasteiger partial charge is 0.494 e. The van der Waals surface area contributed by atoms with Crippen molar-refractivity contribution < 1.29 is 22.4 Å². The summed E-state index contributed by atoms with van der Waals surface area (Å²) in [5.74, 6) is 0.954. The lowest BCUT2D eigenvalue weighted by Crippen LogP contribution is -2.18. The minimum absolute atomic E-state index is 0.135. The molecule has 176 valence electrons. The number of alkyl halides is 3. The molecule has 2 aromatic heterocycles. The molecule has 0 unspecified atom stereocenters. The van der Waals surface area contributed by atoms with Gasteiger partial charge in [0.2, 0.25) is 5.82 Å². The van der Waals surface area contributed by atoms with Crippen molar-refractivity contribution in [1.82, 2.24) is 14.7 Å². The summed E-state index contributed by atoms with van der Waals surface area (Å²) < 4.78 is 51.1. The maximum absolute atomic E-state index is 13.2. The van der Waals surface area contributed by atoms with Crippen LogP contribution in [0.4, 0.5) is 13.2 Å². The lowest BCUT2D eigenvalue weighted by Gasteiger charge is -2.11. The Morgan fingerprint density at radius 1 is 0.943 bits per heavy atom. The van der Waals surface area contributed by atoms with Crippen LogP contribution in [-0.4, -0.2) is 21.3 Å². The summed E-state index contributed by atoms with van der Waals surface area (Å²) in [6.07, 6.45) is -2.82. The van der Waals surface area contributed by atoms with Crippen molar-refractivity contribution in [2.45, 2.75) is 13.1 Å². The Balaban J connectivity index is 1.60. The third-order valence-corrected chi connectivity index (χ3v) is 5.48. The number of nitrogens with zero attached hydrogens (tertiary/aromatic N) is 3. The minimum Gasteiger partial charge on any atom is -0.494 e. The molecule has 0 saturated heterocycles. The Hall–Kier alpha value is -4.40. The zero-order valence-electron chi connectivity index (χ0n) is 18.4. The molecule has 0 saturated carbocycles. The minimum atomic E-state index is -4.44. The third kappa shape index (κ3) is 4.28.